The van der Waals surface area contributed by atoms with Crippen molar-refractivity contribution in [1.29, 1.82) is 0 Å². The molecule has 0 fully saturated rings. The van der Waals surface area contributed by atoms with Crippen LogP contribution < -0.4 is 0 Å². The molecular weight excluding hydrogens is 329 g/mol. The lowest BCUT2D eigenvalue weighted by Gasteiger charge is -2.04. The average molecular weight is 337 g/mol. The quantitative estimate of drug-likeness (QED) is 0.663. The van der Waals surface area contributed by atoms with Gasteiger partial charge in [0.25, 0.3) is 0 Å². The Bertz CT molecular complexity index is 908. The molecule has 0 aliphatic carbocycles. The second-order valence-electron chi connectivity index (χ2n) is 4.69. The number of nitrogens with zero attached hydrogens (tertiary/aromatic N) is 2. The van der Waals surface area contributed by atoms with Crippen LogP contribution in [0.5, 0.6) is 0 Å². The molecule has 0 aliphatic heterocycles. The molecule has 2 aromatic carbocycles. The molecule has 0 saturated heterocycles. The van der Waals surface area contributed by atoms with Crippen molar-refractivity contribution in [3.63, 3.8) is 0 Å². The van der Waals surface area contributed by atoms with Crippen molar-refractivity contribution in [3.05, 3.63) is 70.6 Å². The Labute approximate surface area is 133 Å². The van der Waals surface area contributed by atoms with E-state index >= 15 is 0 Å². The number of carbonyl (C=O) groups is 1. The molecule has 23 heavy (non-hydrogen) atoms. The molecule has 0 unspecified atom stereocenters. The molecule has 0 spiro atoms. The third-order valence-electron chi connectivity index (χ3n) is 3.22. The summed E-state index contributed by atoms with van der Waals surface area (Å²) in [5.41, 5.74) is 0.284. The first-order chi connectivity index (χ1) is 11.0. The largest absolute Gasteiger partial charge is 0.298 e. The van der Waals surface area contributed by atoms with E-state index in [2.05, 4.69) is 5.10 Å². The van der Waals surface area contributed by atoms with Crippen LogP contribution in [-0.2, 0) is 0 Å². The lowest BCUT2D eigenvalue weighted by atomic mass is 10.1. The Kier molecular flexibility index (Phi) is 3.92. The van der Waals surface area contributed by atoms with Gasteiger partial charge in [-0.05, 0) is 24.3 Å². The lowest BCUT2D eigenvalue weighted by Crippen LogP contribution is -2.00. The first kappa shape index (κ1) is 15.3. The minimum Gasteiger partial charge on any atom is -0.298 e. The van der Waals surface area contributed by atoms with Crippen LogP contribution >= 0.6 is 11.6 Å². The number of aromatic nitrogens is 2. The zero-order valence-corrected chi connectivity index (χ0v) is 12.2. The zero-order chi connectivity index (χ0) is 16.6. The molecule has 7 heteroatoms. The maximum Gasteiger partial charge on any atom is 0.155 e. The normalized spacial score (nSPS) is 10.8. The maximum atomic E-state index is 13.9. The number of aldehydes is 1. The molecule has 0 N–H and O–H groups in total. The summed E-state index contributed by atoms with van der Waals surface area (Å²) in [6.07, 6.45) is 0.452. The van der Waals surface area contributed by atoms with Crippen LogP contribution in [0.3, 0.4) is 0 Å². The fourth-order valence-electron chi connectivity index (χ4n) is 2.18. The molecule has 116 valence electrons. The van der Waals surface area contributed by atoms with Gasteiger partial charge in [0, 0.05) is 11.6 Å². The SMILES string of the molecule is O=Cc1c(-c2cccc(F)c2)nn(-c2ccc(F)cc2F)c1Cl. The van der Waals surface area contributed by atoms with Gasteiger partial charge in [0.1, 0.15) is 28.2 Å². The number of hydrogen-bond donors (Lipinski definition) is 0. The van der Waals surface area contributed by atoms with Gasteiger partial charge in [0.2, 0.25) is 0 Å². The highest BCUT2D eigenvalue weighted by atomic mass is 35.5. The van der Waals surface area contributed by atoms with Crippen molar-refractivity contribution in [1.82, 2.24) is 9.78 Å². The third kappa shape index (κ3) is 2.73. The summed E-state index contributed by atoms with van der Waals surface area (Å²) < 4.78 is 41.3. The summed E-state index contributed by atoms with van der Waals surface area (Å²) in [4.78, 5) is 11.3. The number of hydrogen-bond acceptors (Lipinski definition) is 2. The molecular formula is C16H8ClF3N2O. The molecule has 0 amide bonds. The summed E-state index contributed by atoms with van der Waals surface area (Å²) in [6.45, 7) is 0. The van der Waals surface area contributed by atoms with E-state index in [4.69, 9.17) is 11.6 Å². The molecule has 1 heterocycles. The van der Waals surface area contributed by atoms with Gasteiger partial charge in [-0.3, -0.25) is 4.79 Å². The first-order valence-corrected chi connectivity index (χ1v) is 6.84. The molecule has 0 aliphatic rings. The highest BCUT2D eigenvalue weighted by molar-refractivity contribution is 6.32. The smallest absolute Gasteiger partial charge is 0.155 e. The minimum atomic E-state index is -0.891. The van der Waals surface area contributed by atoms with Crippen LogP contribution in [0.2, 0.25) is 5.15 Å². The third-order valence-corrected chi connectivity index (χ3v) is 3.58. The second kappa shape index (κ2) is 5.89. The maximum absolute atomic E-state index is 13.9. The summed E-state index contributed by atoms with van der Waals surface area (Å²) in [5, 5.41) is 3.93. The zero-order valence-electron chi connectivity index (χ0n) is 11.4. The predicted molar refractivity (Wildman–Crippen MR) is 79.3 cm³/mol. The van der Waals surface area contributed by atoms with Crippen molar-refractivity contribution in [2.45, 2.75) is 0 Å². The van der Waals surface area contributed by atoms with Gasteiger partial charge in [-0.1, -0.05) is 23.7 Å². The number of carbonyl (C=O) groups excluding carboxylic acids is 1. The lowest BCUT2D eigenvalue weighted by molar-refractivity contribution is 0.112. The van der Waals surface area contributed by atoms with Crippen LogP contribution in [0.15, 0.2) is 42.5 Å². The highest BCUT2D eigenvalue weighted by Crippen LogP contribution is 2.30. The molecule has 3 nitrogen and oxygen atoms in total. The Hall–Kier alpha value is -2.60. The van der Waals surface area contributed by atoms with Crippen molar-refractivity contribution >= 4 is 17.9 Å². The summed E-state index contributed by atoms with van der Waals surface area (Å²) >= 11 is 6.08. The van der Waals surface area contributed by atoms with Gasteiger partial charge in [-0.25, -0.2) is 17.9 Å². The molecule has 0 saturated carbocycles. The van der Waals surface area contributed by atoms with Gasteiger partial charge < -0.3 is 0 Å². The number of benzene rings is 2. The van der Waals surface area contributed by atoms with E-state index in [0.717, 1.165) is 16.8 Å². The van der Waals surface area contributed by atoms with Gasteiger partial charge in [0.15, 0.2) is 12.1 Å². The van der Waals surface area contributed by atoms with Crippen LogP contribution in [0.1, 0.15) is 10.4 Å². The van der Waals surface area contributed by atoms with Crippen LogP contribution in [0.25, 0.3) is 16.9 Å². The fourth-order valence-corrected chi connectivity index (χ4v) is 2.44. The van der Waals surface area contributed by atoms with Crippen LogP contribution in [0, 0.1) is 17.5 Å². The molecule has 0 radical (unpaired) electrons. The van der Waals surface area contributed by atoms with Crippen molar-refractivity contribution in [2.24, 2.45) is 0 Å². The fraction of sp³-hybridized carbons (Fsp3) is 0. The summed E-state index contributed by atoms with van der Waals surface area (Å²) in [5.74, 6) is -2.16. The predicted octanol–water partition coefficient (Wildman–Crippen LogP) is 4.42. The molecule has 0 atom stereocenters. The van der Waals surface area contributed by atoms with Gasteiger partial charge in [-0.2, -0.15) is 5.10 Å². The van der Waals surface area contributed by atoms with E-state index in [1.54, 1.807) is 6.07 Å². The van der Waals surface area contributed by atoms with Gasteiger partial charge in [-0.15, -0.1) is 0 Å². The molecule has 0 bridgehead atoms. The molecule has 3 aromatic rings. The second-order valence-corrected chi connectivity index (χ2v) is 5.05. The minimum absolute atomic E-state index is 0.0130. The van der Waals surface area contributed by atoms with E-state index in [1.165, 1.54) is 18.2 Å². The monoisotopic (exact) mass is 336 g/mol. The average Bonchev–Trinajstić information content (AvgIpc) is 2.84. The number of rotatable bonds is 3. The molecule has 3 rings (SSSR count). The van der Waals surface area contributed by atoms with E-state index in [0.29, 0.717) is 17.9 Å². The summed E-state index contributed by atoms with van der Waals surface area (Å²) in [6, 6.07) is 8.27. The Morgan fingerprint density at radius 3 is 2.43 bits per heavy atom. The topological polar surface area (TPSA) is 34.9 Å². The van der Waals surface area contributed by atoms with E-state index in [1.807, 2.05) is 0 Å². The highest BCUT2D eigenvalue weighted by Gasteiger charge is 2.20. The van der Waals surface area contributed by atoms with Crippen LogP contribution in [0.4, 0.5) is 13.2 Å². The standard InChI is InChI=1S/C16H8ClF3N2O/c17-16-12(8-23)15(9-2-1-3-10(18)6-9)21-22(16)14-5-4-11(19)7-13(14)20/h1-8H. The number of halogens is 4. The van der Waals surface area contributed by atoms with Gasteiger partial charge in [0.05, 0.1) is 5.56 Å². The van der Waals surface area contributed by atoms with E-state index in [-0.39, 0.29) is 22.1 Å². The Balaban J connectivity index is 2.23. The summed E-state index contributed by atoms with van der Waals surface area (Å²) in [7, 11) is 0. The van der Waals surface area contributed by atoms with Crippen LogP contribution in [-0.4, -0.2) is 16.1 Å². The van der Waals surface area contributed by atoms with Crippen molar-refractivity contribution in [2.75, 3.05) is 0 Å². The van der Waals surface area contributed by atoms with E-state index < -0.39 is 17.5 Å². The van der Waals surface area contributed by atoms with Gasteiger partial charge >= 0.3 is 0 Å². The van der Waals surface area contributed by atoms with E-state index in [9.17, 15) is 18.0 Å². The van der Waals surface area contributed by atoms with Crippen molar-refractivity contribution in [3.8, 4) is 16.9 Å². The first-order valence-electron chi connectivity index (χ1n) is 6.46. The Morgan fingerprint density at radius 2 is 1.78 bits per heavy atom. The molecule has 1 aromatic heterocycles. The van der Waals surface area contributed by atoms with Crippen molar-refractivity contribution < 1.29 is 18.0 Å². The Morgan fingerprint density at radius 1 is 1.04 bits per heavy atom.